The molecular weight excluding hydrogens is 1990 g/mol. The minimum Gasteiger partial charge on any atom is -0.512 e. The van der Waals surface area contributed by atoms with Gasteiger partial charge < -0.3 is 30.1 Å². The van der Waals surface area contributed by atoms with E-state index in [1.807, 2.05) is 36.9 Å². The van der Waals surface area contributed by atoms with E-state index in [9.17, 15) is 19.8 Å². The van der Waals surface area contributed by atoms with Crippen LogP contribution in [0, 0.1) is 24.3 Å². The molecule has 26 bridgehead atoms. The number of aromatic nitrogens is 4. The Balaban J connectivity index is 0.000000238. The Bertz CT molecular complexity index is 5830. The summed E-state index contributed by atoms with van der Waals surface area (Å²) < 4.78 is 0. The molecule has 0 unspecified atom stereocenters. The van der Waals surface area contributed by atoms with Crippen LogP contribution < -0.4 is 0 Å². The molecule has 134 heavy (non-hydrogen) atoms. The summed E-state index contributed by atoms with van der Waals surface area (Å²) in [5, 5.41) is 20.8. The maximum Gasteiger partial charge on any atom is 0.159 e. The zero-order chi connectivity index (χ0) is 90.6. The van der Waals surface area contributed by atoms with E-state index in [1.54, 1.807) is 0 Å². The summed E-state index contributed by atoms with van der Waals surface area (Å²) in [5.41, 5.74) is 31.1. The van der Waals surface area contributed by atoms with E-state index in [2.05, 4.69) is 255 Å². The van der Waals surface area contributed by atoms with Crippen LogP contribution in [0.25, 0.3) is 89.5 Å². The van der Waals surface area contributed by atoms with Crippen molar-refractivity contribution in [2.75, 3.05) is 0 Å². The first-order valence-electron chi connectivity index (χ1n) is 50.2. The molecular formula is C124H136Ir2N4O4-4. The summed E-state index contributed by atoms with van der Waals surface area (Å²) in [7, 11) is 0. The molecule has 3 aliphatic carbocycles. The number of carbonyl (C=O) groups excluding carboxylic acids is 2. The van der Waals surface area contributed by atoms with Crippen molar-refractivity contribution in [1.82, 2.24) is 19.9 Å². The smallest absolute Gasteiger partial charge is 0.159 e. The summed E-state index contributed by atoms with van der Waals surface area (Å²) in [6.45, 7) is 0. The van der Waals surface area contributed by atoms with E-state index in [0.29, 0.717) is 25.7 Å². The monoisotopic (exact) mass is 2130 g/mol. The number of rotatable bonds is 0. The van der Waals surface area contributed by atoms with E-state index in [-0.39, 0.29) is 63.3 Å². The summed E-state index contributed by atoms with van der Waals surface area (Å²) in [4.78, 5) is 44.1. The molecule has 16 rings (SSSR count). The average Bonchev–Trinajstić information content (AvgIpc) is 0.836. The fourth-order valence-corrected chi connectivity index (χ4v) is 18.8. The minimum absolute atomic E-state index is 0. The predicted octanol–water partition coefficient (Wildman–Crippen LogP) is 32.3. The Morgan fingerprint density at radius 2 is 0.396 bits per heavy atom. The number of aryl methyl sites for hydroxylation is 10. The van der Waals surface area contributed by atoms with Crippen LogP contribution in [0.15, 0.2) is 291 Å². The Kier molecular flexibility index (Phi) is 43.7. The van der Waals surface area contributed by atoms with Gasteiger partial charge in [-0.1, -0.05) is 287 Å². The van der Waals surface area contributed by atoms with E-state index in [4.69, 9.17) is 19.9 Å². The molecule has 2 N–H and O–H groups in total. The largest absolute Gasteiger partial charge is 0.512 e. The Morgan fingerprint density at radius 1 is 0.194 bits per heavy atom. The van der Waals surface area contributed by atoms with Gasteiger partial charge in [0.1, 0.15) is 0 Å². The number of hydrogen-bond acceptors (Lipinski definition) is 8. The average molecular weight is 2130 g/mol. The van der Waals surface area contributed by atoms with Crippen molar-refractivity contribution in [2.24, 2.45) is 0 Å². The molecule has 0 fully saturated rings. The van der Waals surface area contributed by atoms with Gasteiger partial charge in [0.15, 0.2) is 11.6 Å². The molecule has 10 heteroatoms. The number of nitrogens with zero attached hydrogens (tertiary/aromatic N) is 4. The second-order valence-electron chi connectivity index (χ2n) is 37.1. The fraction of sp³-hybridized carbons (Fsp3) is 0.355. The summed E-state index contributed by atoms with van der Waals surface area (Å²) in [5.74, 6) is 0.604. The number of allylic oxidation sites excluding steroid dienone is 4. The van der Waals surface area contributed by atoms with Gasteiger partial charge in [0.05, 0.1) is 11.5 Å². The van der Waals surface area contributed by atoms with Gasteiger partial charge >= 0.3 is 0 Å². The topological polar surface area (TPSA) is 126 Å². The van der Waals surface area contributed by atoms with E-state index < -0.39 is 0 Å². The van der Waals surface area contributed by atoms with Gasteiger partial charge in [0.25, 0.3) is 0 Å². The van der Waals surface area contributed by atoms with Gasteiger partial charge in [-0.25, -0.2) is 0 Å². The molecule has 3 aliphatic rings. The van der Waals surface area contributed by atoms with Gasteiger partial charge in [-0.15, -0.1) is 142 Å². The first-order chi connectivity index (χ1) is 65.1. The molecule has 9 aromatic carbocycles. The molecule has 8 nitrogen and oxygen atoms in total. The molecule has 4 aromatic heterocycles. The Hall–Kier alpha value is -10.7. The Labute approximate surface area is 828 Å². The van der Waals surface area contributed by atoms with Crippen LogP contribution in [0.2, 0.25) is 0 Å². The molecule has 0 aliphatic heterocycles. The third kappa shape index (κ3) is 34.9. The maximum absolute atomic E-state index is 12.5. The quantitative estimate of drug-likeness (QED) is 0.144. The number of aliphatic hydroxyl groups excluding tert-OH is 2. The van der Waals surface area contributed by atoms with Crippen LogP contribution in [-0.2, 0) is 114 Å². The predicted molar refractivity (Wildman–Crippen MR) is 548 cm³/mol. The maximum atomic E-state index is 12.5. The van der Waals surface area contributed by atoms with Gasteiger partial charge in [-0.2, -0.15) is 0 Å². The van der Waals surface area contributed by atoms with E-state index in [1.165, 1.54) is 215 Å². The normalized spacial score (nSPS) is 15.9. The number of fused-ring (bicyclic) bond motifs is 37. The fourth-order valence-electron chi connectivity index (χ4n) is 18.8. The molecule has 0 amide bonds. The summed E-state index contributed by atoms with van der Waals surface area (Å²) in [6.07, 6.45) is 57.3. The van der Waals surface area contributed by atoms with E-state index in [0.717, 1.165) is 199 Å². The van der Waals surface area contributed by atoms with Crippen LogP contribution in [0.4, 0.5) is 0 Å². The van der Waals surface area contributed by atoms with Crippen LogP contribution in [-0.4, -0.2) is 41.7 Å². The minimum atomic E-state index is 0. The zero-order valence-corrected chi connectivity index (χ0v) is 83.6. The van der Waals surface area contributed by atoms with Gasteiger partial charge in [0, 0.05) is 103 Å². The molecule has 0 saturated heterocycles. The number of benzene rings is 9. The number of carbonyl (C=O) groups is 2. The van der Waals surface area contributed by atoms with Gasteiger partial charge in [-0.05, 0) is 241 Å². The van der Waals surface area contributed by atoms with Crippen molar-refractivity contribution in [2.45, 2.75) is 283 Å². The van der Waals surface area contributed by atoms with Crippen molar-refractivity contribution in [3.05, 3.63) is 371 Å². The van der Waals surface area contributed by atoms with Crippen LogP contribution in [0.3, 0.4) is 0 Å². The van der Waals surface area contributed by atoms with Gasteiger partial charge in [-0.3, -0.25) is 9.59 Å². The third-order valence-corrected chi connectivity index (χ3v) is 26.5. The molecule has 0 spiro atoms. The number of aliphatic hydroxyl groups is 2. The molecule has 0 saturated carbocycles. The summed E-state index contributed by atoms with van der Waals surface area (Å²) >= 11 is 0. The summed E-state index contributed by atoms with van der Waals surface area (Å²) in [6, 6.07) is 102. The first-order valence-corrected chi connectivity index (χ1v) is 50.2. The van der Waals surface area contributed by atoms with Crippen molar-refractivity contribution in [1.29, 1.82) is 0 Å². The Morgan fingerprint density at radius 3 is 0.649 bits per heavy atom. The zero-order valence-electron chi connectivity index (χ0n) is 78.8. The molecule has 2 radical (unpaired) electrons. The van der Waals surface area contributed by atoms with Gasteiger partial charge in [0.2, 0.25) is 0 Å². The first kappa shape index (κ1) is 102. The van der Waals surface area contributed by atoms with Crippen LogP contribution >= 0.6 is 0 Å². The molecule has 698 valence electrons. The van der Waals surface area contributed by atoms with E-state index >= 15 is 0 Å². The van der Waals surface area contributed by atoms with Crippen molar-refractivity contribution in [3.8, 4) is 89.5 Å². The second kappa shape index (κ2) is 57.2. The third-order valence-electron chi connectivity index (χ3n) is 26.5. The van der Waals surface area contributed by atoms with Crippen molar-refractivity contribution < 1.29 is 60.0 Å². The van der Waals surface area contributed by atoms with Crippen LogP contribution in [0.5, 0.6) is 0 Å². The SMILES string of the molecule is O=C1C=C(O)CCCCCCCCc2cccc(c2)-c2ccnc(c2)-c2[c-]ccc(c2)CCCCCCCCc2cc[c-]c(c2)-c2cc(ccn2)-c2cccc(c2)CCCCCCCC1.O=C1C=C(O)CCCCCCCCc2cccc(c2)-c2ccnc(c2)-c2[c-]ccc(c2)CCc2ccc(cc2)CCc2cc[c-]c(c2)-c2cc(ccn2)-c2cccc(c2)CCCCCCCC1.[Ir].[Ir]. The molecule has 13 aromatic rings. The molecule has 4 heterocycles. The van der Waals surface area contributed by atoms with Crippen molar-refractivity contribution >= 4 is 11.6 Å². The number of ketones is 2. The second-order valence-corrected chi connectivity index (χ2v) is 37.1. The van der Waals surface area contributed by atoms with Crippen LogP contribution in [0.1, 0.15) is 274 Å². The standard InChI is InChI=1S/C63H66N2O2.C61H70N2O2.2Ir/c66-60-27-11-7-3-1-5-9-17-50-19-13-23-54(41-50)56-37-39-64-62(45-56)58-25-15-21-52(43-58)35-33-48-29-31-49(32-30-48)34-36-53-22-16-26-59(44-53)63-46-57(38-40-65-63)55-24-14-20-51(42-55)18-10-6-2-4-8-12-28-61(67)47-60;64-58-35-17-11-5-3-9-13-23-48-27-19-31-52(41-48)54-37-39-62-60(45-54)56-33-21-29-50(43-56)25-15-7-1-2-8-16-26-51-30-22-34-57(44-51)61-46-55(38-40-63-61)53-32-20-28-49(42-53)24-14-10-4-6-12-18-36-59(65)47-58;;/h13-16,19-24,29-32,37-47,66H,1-12,17-18,27-28,33-36H2;19-22,27-32,37-47,64H,1-18,23-26,35-36H2;;/q2*-2;;. The van der Waals surface area contributed by atoms with Crippen molar-refractivity contribution in [3.63, 3.8) is 0 Å². The molecule has 0 atom stereocenters. The number of pyridine rings is 4. The number of hydrogen-bond donors (Lipinski definition) is 2.